The molecule has 1 nitrogen and oxygen atoms in total. The zero-order valence-corrected chi connectivity index (χ0v) is 10.7. The van der Waals surface area contributed by atoms with Crippen LogP contribution in [0.3, 0.4) is 0 Å². The number of thiophene rings is 1. The van der Waals surface area contributed by atoms with Gasteiger partial charge in [-0.3, -0.25) is 4.79 Å². The molecule has 2 rings (SSSR count). The summed E-state index contributed by atoms with van der Waals surface area (Å²) < 4.78 is 0.854. The van der Waals surface area contributed by atoms with Crippen LogP contribution in [0.5, 0.6) is 0 Å². The predicted octanol–water partition coefficient (Wildman–Crippen LogP) is 4.40. The Hall–Kier alpha value is -0.640. The summed E-state index contributed by atoms with van der Waals surface area (Å²) in [4.78, 5) is 12.7. The van der Waals surface area contributed by atoms with Crippen molar-refractivity contribution in [2.75, 3.05) is 0 Å². The summed E-state index contributed by atoms with van der Waals surface area (Å²) in [6, 6.07) is 8.92. The molecule has 0 bridgehead atoms. The van der Waals surface area contributed by atoms with Crippen molar-refractivity contribution in [2.24, 2.45) is 0 Å². The Morgan fingerprint density at radius 1 is 1.33 bits per heavy atom. The molecule has 4 heteroatoms. The van der Waals surface area contributed by atoms with Crippen molar-refractivity contribution >= 4 is 44.7 Å². The highest BCUT2D eigenvalue weighted by atomic mass is 79.9. The van der Waals surface area contributed by atoms with Crippen LogP contribution in [0.15, 0.2) is 40.2 Å². The van der Waals surface area contributed by atoms with Crippen molar-refractivity contribution in [3.63, 3.8) is 0 Å². The Bertz CT molecular complexity index is 493. The maximum absolute atomic E-state index is 12.0. The smallest absolute Gasteiger partial charge is 0.204 e. The second kappa shape index (κ2) is 4.47. The molecule has 0 radical (unpaired) electrons. The SMILES string of the molecule is O=C(c1cccs1)c1cc(Br)ccc1Cl. The third-order valence-electron chi connectivity index (χ3n) is 1.92. The molecule has 2 aromatic rings. The summed E-state index contributed by atoms with van der Waals surface area (Å²) >= 11 is 10.7. The fourth-order valence-corrected chi connectivity index (χ4v) is 2.45. The molecule has 0 saturated carbocycles. The van der Waals surface area contributed by atoms with Crippen LogP contribution in [-0.2, 0) is 0 Å². The lowest BCUT2D eigenvalue weighted by atomic mass is 10.1. The molecule has 0 aliphatic carbocycles. The average Bonchev–Trinajstić information content (AvgIpc) is 2.74. The standard InChI is InChI=1S/C11H6BrClOS/c12-7-3-4-9(13)8(6-7)11(14)10-2-1-5-15-10/h1-6H. The van der Waals surface area contributed by atoms with E-state index in [9.17, 15) is 4.79 Å². The quantitative estimate of drug-likeness (QED) is 0.752. The van der Waals surface area contributed by atoms with Gasteiger partial charge in [0.05, 0.1) is 9.90 Å². The number of hydrogen-bond acceptors (Lipinski definition) is 2. The third-order valence-corrected chi connectivity index (χ3v) is 3.61. The van der Waals surface area contributed by atoms with Crippen LogP contribution in [0.4, 0.5) is 0 Å². The minimum atomic E-state index is -0.0312. The summed E-state index contributed by atoms with van der Waals surface area (Å²) in [6.07, 6.45) is 0. The fraction of sp³-hybridized carbons (Fsp3) is 0. The van der Waals surface area contributed by atoms with Gasteiger partial charge in [-0.15, -0.1) is 11.3 Å². The summed E-state index contributed by atoms with van der Waals surface area (Å²) in [5.41, 5.74) is 0.536. The zero-order valence-electron chi connectivity index (χ0n) is 7.54. The van der Waals surface area contributed by atoms with E-state index in [0.717, 1.165) is 4.47 Å². The Kier molecular flexibility index (Phi) is 3.24. The van der Waals surface area contributed by atoms with Crippen LogP contribution < -0.4 is 0 Å². The van der Waals surface area contributed by atoms with Gasteiger partial charge in [-0.05, 0) is 29.6 Å². The van der Waals surface area contributed by atoms with E-state index in [0.29, 0.717) is 15.5 Å². The van der Waals surface area contributed by atoms with Crippen molar-refractivity contribution in [3.8, 4) is 0 Å². The van der Waals surface area contributed by atoms with Crippen LogP contribution in [0.25, 0.3) is 0 Å². The van der Waals surface area contributed by atoms with Crippen LogP contribution in [0.1, 0.15) is 15.2 Å². The maximum atomic E-state index is 12.0. The molecule has 15 heavy (non-hydrogen) atoms. The molecular weight excluding hydrogens is 296 g/mol. The molecule has 0 aliphatic heterocycles. The summed E-state index contributed by atoms with van der Waals surface area (Å²) in [5, 5.41) is 2.36. The van der Waals surface area contributed by atoms with Crippen LogP contribution in [-0.4, -0.2) is 5.78 Å². The van der Waals surface area contributed by atoms with Crippen molar-refractivity contribution in [1.29, 1.82) is 0 Å². The molecule has 0 aliphatic rings. The number of rotatable bonds is 2. The molecule has 0 spiro atoms. The monoisotopic (exact) mass is 300 g/mol. The largest absolute Gasteiger partial charge is 0.288 e. The molecule has 0 N–H and O–H groups in total. The first kappa shape index (κ1) is 10.9. The van der Waals surface area contributed by atoms with Gasteiger partial charge in [0.1, 0.15) is 0 Å². The second-order valence-electron chi connectivity index (χ2n) is 2.93. The number of hydrogen-bond donors (Lipinski definition) is 0. The molecule has 1 aromatic heterocycles. The number of carbonyl (C=O) groups is 1. The van der Waals surface area contributed by atoms with Crippen molar-refractivity contribution in [2.45, 2.75) is 0 Å². The molecule has 1 aromatic carbocycles. The first-order valence-corrected chi connectivity index (χ1v) is 6.27. The topological polar surface area (TPSA) is 17.1 Å². The van der Waals surface area contributed by atoms with E-state index in [1.807, 2.05) is 17.5 Å². The van der Waals surface area contributed by atoms with Crippen molar-refractivity contribution < 1.29 is 4.79 Å². The zero-order chi connectivity index (χ0) is 10.8. The normalized spacial score (nSPS) is 10.3. The summed E-state index contributed by atoms with van der Waals surface area (Å²) in [7, 11) is 0. The van der Waals surface area contributed by atoms with E-state index >= 15 is 0 Å². The lowest BCUT2D eigenvalue weighted by molar-refractivity contribution is 0.104. The van der Waals surface area contributed by atoms with E-state index in [4.69, 9.17) is 11.6 Å². The third kappa shape index (κ3) is 2.30. The van der Waals surface area contributed by atoms with Crippen molar-refractivity contribution in [3.05, 3.63) is 55.6 Å². The van der Waals surface area contributed by atoms with E-state index in [-0.39, 0.29) is 5.78 Å². The minimum absolute atomic E-state index is 0.0312. The molecule has 0 saturated heterocycles. The van der Waals surface area contributed by atoms with E-state index in [1.165, 1.54) is 11.3 Å². The highest BCUT2D eigenvalue weighted by Crippen LogP contribution is 2.25. The van der Waals surface area contributed by atoms with Gasteiger partial charge in [-0.2, -0.15) is 0 Å². The Morgan fingerprint density at radius 2 is 2.13 bits per heavy atom. The Labute approximate surface area is 105 Å². The number of carbonyl (C=O) groups excluding carboxylic acids is 1. The van der Waals surface area contributed by atoms with Gasteiger partial charge in [0.2, 0.25) is 5.78 Å². The Morgan fingerprint density at radius 3 is 2.80 bits per heavy atom. The number of benzene rings is 1. The van der Waals surface area contributed by atoms with Gasteiger partial charge in [-0.1, -0.05) is 33.6 Å². The highest BCUT2D eigenvalue weighted by molar-refractivity contribution is 9.10. The van der Waals surface area contributed by atoms with Gasteiger partial charge in [-0.25, -0.2) is 0 Å². The van der Waals surface area contributed by atoms with E-state index in [1.54, 1.807) is 18.2 Å². The lowest BCUT2D eigenvalue weighted by Gasteiger charge is -2.01. The molecule has 0 atom stereocenters. The summed E-state index contributed by atoms with van der Waals surface area (Å²) in [6.45, 7) is 0. The first-order chi connectivity index (χ1) is 7.18. The second-order valence-corrected chi connectivity index (χ2v) is 5.20. The van der Waals surface area contributed by atoms with Crippen molar-refractivity contribution in [1.82, 2.24) is 0 Å². The molecule has 0 fully saturated rings. The van der Waals surface area contributed by atoms with E-state index in [2.05, 4.69) is 15.9 Å². The number of halogens is 2. The predicted molar refractivity (Wildman–Crippen MR) is 66.9 cm³/mol. The first-order valence-electron chi connectivity index (χ1n) is 4.22. The fourth-order valence-electron chi connectivity index (χ4n) is 1.21. The Balaban J connectivity index is 2.46. The van der Waals surface area contributed by atoms with Crippen LogP contribution >= 0.6 is 38.9 Å². The maximum Gasteiger partial charge on any atom is 0.204 e. The van der Waals surface area contributed by atoms with Gasteiger partial charge in [0.15, 0.2) is 0 Å². The molecule has 0 unspecified atom stereocenters. The minimum Gasteiger partial charge on any atom is -0.288 e. The van der Waals surface area contributed by atoms with Gasteiger partial charge in [0.25, 0.3) is 0 Å². The van der Waals surface area contributed by atoms with E-state index < -0.39 is 0 Å². The van der Waals surface area contributed by atoms with Crippen LogP contribution in [0, 0.1) is 0 Å². The van der Waals surface area contributed by atoms with Gasteiger partial charge >= 0.3 is 0 Å². The molecule has 1 heterocycles. The highest BCUT2D eigenvalue weighted by Gasteiger charge is 2.13. The average molecular weight is 302 g/mol. The van der Waals surface area contributed by atoms with Gasteiger partial charge in [0, 0.05) is 10.0 Å². The molecule has 76 valence electrons. The molecular formula is C11H6BrClOS. The summed E-state index contributed by atoms with van der Waals surface area (Å²) in [5.74, 6) is -0.0312. The van der Waals surface area contributed by atoms with Gasteiger partial charge < -0.3 is 0 Å². The lowest BCUT2D eigenvalue weighted by Crippen LogP contribution is -1.99. The molecule has 0 amide bonds. The number of ketones is 1. The van der Waals surface area contributed by atoms with Crippen LogP contribution in [0.2, 0.25) is 5.02 Å².